The van der Waals surface area contributed by atoms with Gasteiger partial charge in [-0.1, -0.05) is 52.4 Å². The number of halogens is 1. The van der Waals surface area contributed by atoms with Crippen LogP contribution in [0.3, 0.4) is 0 Å². The predicted octanol–water partition coefficient (Wildman–Crippen LogP) is 5.57. The van der Waals surface area contributed by atoms with Crippen molar-refractivity contribution in [3.63, 3.8) is 0 Å². The molecule has 0 spiro atoms. The molecule has 1 aliphatic carbocycles. The van der Waals surface area contributed by atoms with Crippen molar-refractivity contribution in [2.75, 3.05) is 0 Å². The van der Waals surface area contributed by atoms with E-state index in [-0.39, 0.29) is 0 Å². The van der Waals surface area contributed by atoms with Gasteiger partial charge in [0, 0.05) is 0 Å². The highest BCUT2D eigenvalue weighted by atomic mass is 19.1. The lowest BCUT2D eigenvalue weighted by molar-refractivity contribution is 0.178. The van der Waals surface area contributed by atoms with E-state index >= 15 is 0 Å². The Morgan fingerprint density at radius 3 is 2.35 bits per heavy atom. The monoisotopic (exact) mass is 241 g/mol. The molecule has 0 bridgehead atoms. The van der Waals surface area contributed by atoms with Gasteiger partial charge in [-0.3, -0.25) is 0 Å². The molecule has 1 fully saturated rings. The van der Waals surface area contributed by atoms with Gasteiger partial charge in [-0.25, -0.2) is 4.39 Å². The Labute approximate surface area is 107 Å². The van der Waals surface area contributed by atoms with Crippen molar-refractivity contribution in [2.24, 2.45) is 17.8 Å². The summed E-state index contributed by atoms with van der Waals surface area (Å²) < 4.78 is 12.9. The Hall–Kier alpha value is -0.0700. The molecule has 1 saturated carbocycles. The third-order valence-electron chi connectivity index (χ3n) is 4.54. The van der Waals surface area contributed by atoms with E-state index < -0.39 is 6.17 Å². The maximum atomic E-state index is 12.9. The quantitative estimate of drug-likeness (QED) is 0.511. The summed E-state index contributed by atoms with van der Waals surface area (Å²) in [5, 5.41) is 0. The van der Waals surface area contributed by atoms with Gasteiger partial charge in [0.1, 0.15) is 6.17 Å². The minimum atomic E-state index is -0.868. The van der Waals surface area contributed by atoms with E-state index in [9.17, 15) is 4.39 Å². The summed E-state index contributed by atoms with van der Waals surface area (Å²) in [5.74, 6) is 2.25. The topological polar surface area (TPSA) is 0 Å². The van der Waals surface area contributed by atoms with Gasteiger partial charge in [-0.05, 0) is 43.9 Å². The van der Waals surface area contributed by atoms with Crippen molar-refractivity contribution in [1.29, 1.82) is 0 Å². The Morgan fingerprint density at radius 2 is 1.82 bits per heavy atom. The van der Waals surface area contributed by atoms with Crippen LogP contribution in [-0.2, 0) is 0 Å². The molecular weight excluding hydrogens is 211 g/mol. The molecule has 0 nitrogen and oxygen atoms in total. The normalized spacial score (nSPS) is 28.9. The fourth-order valence-electron chi connectivity index (χ4n) is 3.32. The fraction of sp³-hybridized carbons (Fsp3) is 0.938. The third-order valence-corrected chi connectivity index (χ3v) is 4.54. The van der Waals surface area contributed by atoms with Crippen molar-refractivity contribution in [3.8, 4) is 0 Å². The van der Waals surface area contributed by atoms with Crippen LogP contribution in [0.4, 0.5) is 4.39 Å². The van der Waals surface area contributed by atoms with Crippen LogP contribution in [0.2, 0.25) is 0 Å². The Balaban J connectivity index is 2.16. The average molecular weight is 241 g/mol. The summed E-state index contributed by atoms with van der Waals surface area (Å²) in [4.78, 5) is 0. The van der Waals surface area contributed by atoms with E-state index in [0.717, 1.165) is 11.8 Å². The molecular formula is C16H30F. The second kappa shape index (κ2) is 8.11. The lowest BCUT2D eigenvalue weighted by Crippen LogP contribution is -2.21. The molecule has 2 unspecified atom stereocenters. The highest BCUT2D eigenvalue weighted by molar-refractivity contribution is 4.78. The standard InChI is InChI=1S/C16H30F/c1-4-5-6-7-15-8-10-16(11-9-15)13(2)12-14(3)17/h13-16H,3-12H2,1-2H3/t13?,14?,15-,16-. The van der Waals surface area contributed by atoms with Gasteiger partial charge in [0.25, 0.3) is 0 Å². The van der Waals surface area contributed by atoms with E-state index in [1.807, 2.05) is 0 Å². The summed E-state index contributed by atoms with van der Waals surface area (Å²) in [6.07, 6.45) is 10.8. The van der Waals surface area contributed by atoms with E-state index in [4.69, 9.17) is 0 Å². The van der Waals surface area contributed by atoms with Crippen LogP contribution in [0.1, 0.15) is 71.6 Å². The molecule has 0 amide bonds. The van der Waals surface area contributed by atoms with Crippen LogP contribution in [0, 0.1) is 24.7 Å². The molecule has 17 heavy (non-hydrogen) atoms. The largest absolute Gasteiger partial charge is 0.247 e. The van der Waals surface area contributed by atoms with Crippen LogP contribution >= 0.6 is 0 Å². The van der Waals surface area contributed by atoms with Crippen LogP contribution in [0.25, 0.3) is 0 Å². The molecule has 1 radical (unpaired) electrons. The summed E-state index contributed by atoms with van der Waals surface area (Å²) in [6.45, 7) is 7.95. The van der Waals surface area contributed by atoms with Gasteiger partial charge < -0.3 is 0 Å². The van der Waals surface area contributed by atoms with Gasteiger partial charge >= 0.3 is 0 Å². The molecule has 1 aliphatic rings. The average Bonchev–Trinajstić information content (AvgIpc) is 2.29. The van der Waals surface area contributed by atoms with E-state index in [1.165, 1.54) is 51.4 Å². The second-order valence-electron chi connectivity index (χ2n) is 6.09. The van der Waals surface area contributed by atoms with Gasteiger partial charge in [-0.15, -0.1) is 0 Å². The van der Waals surface area contributed by atoms with Crippen molar-refractivity contribution < 1.29 is 4.39 Å². The highest BCUT2D eigenvalue weighted by Gasteiger charge is 2.25. The first-order valence-electron chi connectivity index (χ1n) is 7.60. The molecule has 0 aliphatic heterocycles. The molecule has 0 heterocycles. The van der Waals surface area contributed by atoms with Crippen LogP contribution in [0.5, 0.6) is 0 Å². The number of hydrogen-bond acceptors (Lipinski definition) is 0. The lowest BCUT2D eigenvalue weighted by atomic mass is 9.74. The molecule has 1 heteroatoms. The molecule has 101 valence electrons. The zero-order valence-corrected chi connectivity index (χ0v) is 11.8. The van der Waals surface area contributed by atoms with Gasteiger partial charge in [0.15, 0.2) is 0 Å². The van der Waals surface area contributed by atoms with Crippen LogP contribution in [0.15, 0.2) is 0 Å². The fourth-order valence-corrected chi connectivity index (χ4v) is 3.32. The Morgan fingerprint density at radius 1 is 1.18 bits per heavy atom. The van der Waals surface area contributed by atoms with Crippen molar-refractivity contribution in [3.05, 3.63) is 6.92 Å². The molecule has 0 N–H and O–H groups in total. The maximum absolute atomic E-state index is 12.9. The van der Waals surface area contributed by atoms with Gasteiger partial charge in [0.2, 0.25) is 0 Å². The Kier molecular flexibility index (Phi) is 7.15. The first-order valence-corrected chi connectivity index (χ1v) is 7.60. The van der Waals surface area contributed by atoms with Gasteiger partial charge in [0.05, 0.1) is 0 Å². The Bertz CT molecular complexity index is 180. The summed E-state index contributed by atoms with van der Waals surface area (Å²) >= 11 is 0. The first-order chi connectivity index (χ1) is 8.13. The number of hydrogen-bond donors (Lipinski definition) is 0. The minimum absolute atomic E-state index is 0.527. The minimum Gasteiger partial charge on any atom is -0.247 e. The molecule has 2 atom stereocenters. The van der Waals surface area contributed by atoms with E-state index in [1.54, 1.807) is 0 Å². The SMILES string of the molecule is [CH2]C(F)CC(C)[C@H]1CC[C@H](CCCCC)CC1. The highest BCUT2D eigenvalue weighted by Crippen LogP contribution is 2.37. The smallest absolute Gasteiger partial charge is 0.100 e. The zero-order chi connectivity index (χ0) is 12.7. The predicted molar refractivity (Wildman–Crippen MR) is 73.6 cm³/mol. The summed E-state index contributed by atoms with van der Waals surface area (Å²) in [5.41, 5.74) is 0. The molecule has 1 rings (SSSR count). The second-order valence-corrected chi connectivity index (χ2v) is 6.09. The van der Waals surface area contributed by atoms with Crippen LogP contribution in [-0.4, -0.2) is 6.17 Å². The number of unbranched alkanes of at least 4 members (excludes halogenated alkanes) is 2. The molecule has 0 aromatic heterocycles. The van der Waals surface area contributed by atoms with Crippen molar-refractivity contribution >= 4 is 0 Å². The third kappa shape index (κ3) is 5.88. The van der Waals surface area contributed by atoms with Crippen molar-refractivity contribution in [1.82, 2.24) is 0 Å². The van der Waals surface area contributed by atoms with Crippen LogP contribution < -0.4 is 0 Å². The zero-order valence-electron chi connectivity index (χ0n) is 11.8. The first kappa shape index (κ1) is 15.0. The molecule has 0 saturated heterocycles. The lowest BCUT2D eigenvalue weighted by Gasteiger charge is -2.32. The molecule has 0 aromatic carbocycles. The summed E-state index contributed by atoms with van der Waals surface area (Å²) in [7, 11) is 0. The van der Waals surface area contributed by atoms with Crippen molar-refractivity contribution in [2.45, 2.75) is 77.8 Å². The number of alkyl halides is 1. The van der Waals surface area contributed by atoms with E-state index in [0.29, 0.717) is 12.3 Å². The maximum Gasteiger partial charge on any atom is 0.100 e. The summed E-state index contributed by atoms with van der Waals surface area (Å²) in [6, 6.07) is 0. The molecule has 0 aromatic rings. The van der Waals surface area contributed by atoms with Gasteiger partial charge in [-0.2, -0.15) is 0 Å². The van der Waals surface area contributed by atoms with E-state index in [2.05, 4.69) is 20.8 Å². The number of rotatable bonds is 7.